The van der Waals surface area contributed by atoms with E-state index >= 15 is 0 Å². The van der Waals surface area contributed by atoms with Crippen LogP contribution in [0, 0.1) is 0 Å². The third-order valence-electron chi connectivity index (χ3n) is 4.32. The second kappa shape index (κ2) is 8.31. The Morgan fingerprint density at radius 2 is 2.11 bits per heavy atom. The van der Waals surface area contributed by atoms with Crippen molar-refractivity contribution in [3.8, 4) is 5.75 Å². The molecule has 2 N–H and O–H groups in total. The Morgan fingerprint density at radius 3 is 2.85 bits per heavy atom. The van der Waals surface area contributed by atoms with Crippen molar-refractivity contribution in [1.82, 2.24) is 5.32 Å². The minimum Gasteiger partial charge on any atom is -0.497 e. The zero-order valence-corrected chi connectivity index (χ0v) is 16.4. The van der Waals surface area contributed by atoms with Gasteiger partial charge in [0.2, 0.25) is 0 Å². The first-order chi connectivity index (χ1) is 13.0. The minimum absolute atomic E-state index is 0.106. The van der Waals surface area contributed by atoms with Crippen LogP contribution in [-0.2, 0) is 4.79 Å². The number of benzene rings is 2. The molecule has 1 heterocycles. The Hall–Kier alpha value is -2.73. The third kappa shape index (κ3) is 4.52. The number of nitrogens with one attached hydrogen (secondary N) is 2. The number of amides is 2. The van der Waals surface area contributed by atoms with Crippen LogP contribution >= 0.6 is 11.8 Å². The summed E-state index contributed by atoms with van der Waals surface area (Å²) in [6.45, 7) is 3.98. The molecule has 1 unspecified atom stereocenters. The van der Waals surface area contributed by atoms with Crippen LogP contribution in [-0.4, -0.2) is 25.0 Å². The largest absolute Gasteiger partial charge is 0.497 e. The molecule has 0 saturated heterocycles. The molecule has 2 aromatic carbocycles. The highest BCUT2D eigenvalue weighted by molar-refractivity contribution is 8.04. The fourth-order valence-corrected chi connectivity index (χ4v) is 3.53. The Balaban J connectivity index is 1.82. The maximum atomic E-state index is 12.5. The molecule has 0 saturated carbocycles. The Morgan fingerprint density at radius 1 is 1.30 bits per heavy atom. The molecule has 1 aliphatic rings. The molecule has 0 aliphatic carbocycles. The number of hydrogen-bond donors (Lipinski definition) is 2. The summed E-state index contributed by atoms with van der Waals surface area (Å²) in [6, 6.07) is 13.0. The number of hydrogen-bond acceptors (Lipinski definition) is 4. The molecule has 140 valence electrons. The van der Waals surface area contributed by atoms with Gasteiger partial charge in [-0.2, -0.15) is 0 Å². The fraction of sp³-hybridized carbons (Fsp3) is 0.238. The first-order valence-corrected chi connectivity index (χ1v) is 9.61. The van der Waals surface area contributed by atoms with Crippen LogP contribution in [0.2, 0.25) is 0 Å². The first-order valence-electron chi connectivity index (χ1n) is 8.80. The van der Waals surface area contributed by atoms with Crippen LogP contribution in [0.1, 0.15) is 36.2 Å². The molecule has 1 atom stereocenters. The average molecular weight is 382 g/mol. The summed E-state index contributed by atoms with van der Waals surface area (Å²) in [7, 11) is 1.61. The van der Waals surface area contributed by atoms with Gasteiger partial charge in [-0.3, -0.25) is 9.59 Å². The van der Waals surface area contributed by atoms with Crippen LogP contribution in [0.15, 0.2) is 52.3 Å². The van der Waals surface area contributed by atoms with E-state index in [4.69, 9.17) is 4.74 Å². The van der Waals surface area contributed by atoms with Crippen molar-refractivity contribution in [1.29, 1.82) is 0 Å². The number of methoxy groups -OCH3 is 1. The van der Waals surface area contributed by atoms with Crippen molar-refractivity contribution < 1.29 is 14.3 Å². The van der Waals surface area contributed by atoms with Crippen LogP contribution < -0.4 is 15.4 Å². The van der Waals surface area contributed by atoms with Gasteiger partial charge in [0.05, 0.1) is 17.7 Å². The maximum Gasteiger partial charge on any atom is 0.262 e. The molecule has 2 aromatic rings. The molecular weight excluding hydrogens is 360 g/mol. The Bertz CT molecular complexity index is 908. The normalized spacial score (nSPS) is 15.7. The lowest BCUT2D eigenvalue weighted by Gasteiger charge is -2.20. The quantitative estimate of drug-likeness (QED) is 0.756. The van der Waals surface area contributed by atoms with Crippen molar-refractivity contribution >= 4 is 35.3 Å². The standard InChI is InChI=1S/C21H22N2O3S/c1-4-13(2)22-20(24)15-8-9-18-17(12-15)23-21(25)19(27-18)11-14-6-5-7-16(10-14)26-3/h5-13H,4H2,1-3H3,(H,22,24)(H,23,25). The van der Waals surface area contributed by atoms with Crippen molar-refractivity contribution in [2.24, 2.45) is 0 Å². The van der Waals surface area contributed by atoms with E-state index in [1.165, 1.54) is 11.8 Å². The highest BCUT2D eigenvalue weighted by Crippen LogP contribution is 2.39. The molecule has 27 heavy (non-hydrogen) atoms. The molecule has 0 fully saturated rings. The fourth-order valence-electron chi connectivity index (χ4n) is 2.59. The number of carbonyl (C=O) groups is 2. The van der Waals surface area contributed by atoms with Crippen molar-refractivity contribution in [3.63, 3.8) is 0 Å². The summed E-state index contributed by atoms with van der Waals surface area (Å²) in [6.07, 6.45) is 2.69. The van der Waals surface area contributed by atoms with Gasteiger partial charge in [-0.05, 0) is 55.3 Å². The summed E-state index contributed by atoms with van der Waals surface area (Å²) in [5.74, 6) is 0.418. The highest BCUT2D eigenvalue weighted by Gasteiger charge is 2.22. The molecular formula is C21H22N2O3S. The number of fused-ring (bicyclic) bond motifs is 1. The van der Waals surface area contributed by atoms with Gasteiger partial charge in [0.25, 0.3) is 11.8 Å². The van der Waals surface area contributed by atoms with Gasteiger partial charge in [0, 0.05) is 16.5 Å². The van der Waals surface area contributed by atoms with E-state index in [0.717, 1.165) is 22.6 Å². The lowest BCUT2D eigenvalue weighted by molar-refractivity contribution is -0.112. The van der Waals surface area contributed by atoms with Gasteiger partial charge in [-0.15, -0.1) is 0 Å². The van der Waals surface area contributed by atoms with Crippen molar-refractivity contribution in [2.45, 2.75) is 31.2 Å². The number of carbonyl (C=O) groups excluding carboxylic acids is 2. The van der Waals surface area contributed by atoms with E-state index < -0.39 is 0 Å². The van der Waals surface area contributed by atoms with Crippen LogP contribution in [0.3, 0.4) is 0 Å². The predicted molar refractivity (Wildman–Crippen MR) is 109 cm³/mol. The van der Waals surface area contributed by atoms with Gasteiger partial charge in [0.1, 0.15) is 5.75 Å². The molecule has 2 amide bonds. The summed E-state index contributed by atoms with van der Waals surface area (Å²) in [4.78, 5) is 26.3. The van der Waals surface area contributed by atoms with Crippen LogP contribution in [0.25, 0.3) is 6.08 Å². The minimum atomic E-state index is -0.185. The second-order valence-electron chi connectivity index (χ2n) is 6.34. The summed E-state index contributed by atoms with van der Waals surface area (Å²) < 4.78 is 5.22. The van der Waals surface area contributed by atoms with Crippen molar-refractivity contribution in [2.75, 3.05) is 12.4 Å². The van der Waals surface area contributed by atoms with E-state index in [0.29, 0.717) is 16.2 Å². The van der Waals surface area contributed by atoms with Crippen molar-refractivity contribution in [3.05, 3.63) is 58.5 Å². The smallest absolute Gasteiger partial charge is 0.262 e. The Labute approximate surface area is 163 Å². The van der Waals surface area contributed by atoms with E-state index in [1.807, 2.05) is 50.3 Å². The maximum absolute atomic E-state index is 12.5. The lowest BCUT2D eigenvalue weighted by Crippen LogP contribution is -2.32. The molecule has 5 nitrogen and oxygen atoms in total. The highest BCUT2D eigenvalue weighted by atomic mass is 32.2. The van der Waals surface area contributed by atoms with Gasteiger partial charge >= 0.3 is 0 Å². The van der Waals surface area contributed by atoms with E-state index in [9.17, 15) is 9.59 Å². The van der Waals surface area contributed by atoms with Crippen LogP contribution in [0.4, 0.5) is 5.69 Å². The van der Waals surface area contributed by atoms with Gasteiger partial charge < -0.3 is 15.4 Å². The van der Waals surface area contributed by atoms with Gasteiger partial charge in [-0.25, -0.2) is 0 Å². The zero-order chi connectivity index (χ0) is 19.4. The molecule has 0 aromatic heterocycles. The number of thioether (sulfide) groups is 1. The van der Waals surface area contributed by atoms with Crippen LogP contribution in [0.5, 0.6) is 5.75 Å². The monoisotopic (exact) mass is 382 g/mol. The zero-order valence-electron chi connectivity index (χ0n) is 15.5. The Kier molecular flexibility index (Phi) is 5.86. The van der Waals surface area contributed by atoms with Gasteiger partial charge in [-0.1, -0.05) is 30.8 Å². The third-order valence-corrected chi connectivity index (χ3v) is 5.41. The van der Waals surface area contributed by atoms with E-state index in [2.05, 4.69) is 10.6 Å². The summed E-state index contributed by atoms with van der Waals surface area (Å²) >= 11 is 1.39. The molecule has 6 heteroatoms. The number of ether oxygens (including phenoxy) is 1. The topological polar surface area (TPSA) is 67.4 Å². The lowest BCUT2D eigenvalue weighted by atomic mass is 10.1. The first kappa shape index (κ1) is 19.0. The second-order valence-corrected chi connectivity index (χ2v) is 7.42. The predicted octanol–water partition coefficient (Wildman–Crippen LogP) is 4.31. The van der Waals surface area contributed by atoms with E-state index in [-0.39, 0.29) is 17.9 Å². The van der Waals surface area contributed by atoms with Gasteiger partial charge in [0.15, 0.2) is 0 Å². The molecule has 3 rings (SSSR count). The molecule has 0 spiro atoms. The summed E-state index contributed by atoms with van der Waals surface area (Å²) in [5, 5.41) is 5.82. The summed E-state index contributed by atoms with van der Waals surface area (Å²) in [5.41, 5.74) is 2.08. The molecule has 0 radical (unpaired) electrons. The number of rotatable bonds is 5. The SMILES string of the molecule is CCC(C)NC(=O)c1ccc2c(c1)NC(=O)C(=Cc1cccc(OC)c1)S2. The van der Waals surface area contributed by atoms with E-state index in [1.54, 1.807) is 19.2 Å². The average Bonchev–Trinajstić information content (AvgIpc) is 2.68. The molecule has 0 bridgehead atoms. The number of anilines is 1. The molecule has 1 aliphatic heterocycles.